The number of benzene rings is 1. The first-order valence-corrected chi connectivity index (χ1v) is 9.01. The summed E-state index contributed by atoms with van der Waals surface area (Å²) in [6.07, 6.45) is 3.39. The molecule has 2 atom stereocenters. The zero-order valence-corrected chi connectivity index (χ0v) is 15.8. The Kier molecular flexibility index (Phi) is 4.52. The van der Waals surface area contributed by atoms with E-state index in [1.165, 1.54) is 6.42 Å². The third-order valence-electron chi connectivity index (χ3n) is 6.53. The van der Waals surface area contributed by atoms with Crippen LogP contribution in [-0.2, 0) is 0 Å². The Hall–Kier alpha value is -2.04. The van der Waals surface area contributed by atoms with Gasteiger partial charge in [0.05, 0.1) is 13.7 Å². The van der Waals surface area contributed by atoms with E-state index in [4.69, 9.17) is 9.47 Å². The molecule has 2 saturated carbocycles. The highest BCUT2D eigenvalue weighted by atomic mass is 16.5. The number of fused-ring (bicyclic) bond motifs is 2. The minimum absolute atomic E-state index is 0.0848. The van der Waals surface area contributed by atoms with Gasteiger partial charge in [-0.1, -0.05) is 20.8 Å². The van der Waals surface area contributed by atoms with Crippen LogP contribution in [0.4, 0.5) is 0 Å². The van der Waals surface area contributed by atoms with Gasteiger partial charge in [-0.2, -0.15) is 5.10 Å². The van der Waals surface area contributed by atoms with Gasteiger partial charge in [0.25, 0.3) is 5.91 Å². The second-order valence-corrected chi connectivity index (χ2v) is 7.79. The summed E-state index contributed by atoms with van der Waals surface area (Å²) in [6, 6.07) is 5.18. The maximum atomic E-state index is 12.5. The van der Waals surface area contributed by atoms with Crippen molar-refractivity contribution in [2.24, 2.45) is 21.8 Å². The number of hydrazone groups is 1. The normalized spacial score (nSPS) is 28.2. The molecule has 0 spiro atoms. The predicted octanol–water partition coefficient (Wildman–Crippen LogP) is 4.03. The second kappa shape index (κ2) is 6.36. The Labute approximate surface area is 149 Å². The average molecular weight is 344 g/mol. The molecule has 1 aromatic carbocycles. The summed E-state index contributed by atoms with van der Waals surface area (Å²) in [5.74, 6) is 1.63. The van der Waals surface area contributed by atoms with E-state index in [1.807, 2.05) is 6.92 Å². The van der Waals surface area contributed by atoms with Crippen molar-refractivity contribution >= 4 is 11.6 Å². The molecule has 5 nitrogen and oxygen atoms in total. The number of amides is 1. The lowest BCUT2D eigenvalue weighted by Gasteiger charge is -2.34. The predicted molar refractivity (Wildman–Crippen MR) is 98.3 cm³/mol. The van der Waals surface area contributed by atoms with Crippen molar-refractivity contribution in [3.8, 4) is 11.5 Å². The Morgan fingerprint density at radius 2 is 2.08 bits per heavy atom. The van der Waals surface area contributed by atoms with Crippen molar-refractivity contribution < 1.29 is 14.3 Å². The molecule has 5 heteroatoms. The average Bonchev–Trinajstić information content (AvgIpc) is 2.93. The summed E-state index contributed by atoms with van der Waals surface area (Å²) in [4.78, 5) is 12.5. The molecular weight excluding hydrogens is 316 g/mol. The molecule has 2 bridgehead atoms. The van der Waals surface area contributed by atoms with Crippen LogP contribution in [0, 0.1) is 16.7 Å². The van der Waals surface area contributed by atoms with Crippen LogP contribution < -0.4 is 14.9 Å². The van der Waals surface area contributed by atoms with Gasteiger partial charge in [-0.05, 0) is 55.7 Å². The van der Waals surface area contributed by atoms with E-state index in [1.54, 1.807) is 25.3 Å². The Balaban J connectivity index is 1.76. The molecule has 1 aromatic rings. The summed E-state index contributed by atoms with van der Waals surface area (Å²) in [6.45, 7) is 9.39. The Morgan fingerprint density at radius 3 is 2.64 bits per heavy atom. The number of hydrogen-bond acceptors (Lipinski definition) is 4. The molecular formula is C20H28N2O3. The van der Waals surface area contributed by atoms with Crippen LogP contribution in [0.3, 0.4) is 0 Å². The van der Waals surface area contributed by atoms with E-state index < -0.39 is 0 Å². The van der Waals surface area contributed by atoms with Gasteiger partial charge in [0.2, 0.25) is 0 Å². The highest BCUT2D eigenvalue weighted by molar-refractivity contribution is 5.98. The van der Waals surface area contributed by atoms with Crippen LogP contribution in [0.15, 0.2) is 23.3 Å². The van der Waals surface area contributed by atoms with E-state index in [2.05, 4.69) is 31.3 Å². The fourth-order valence-corrected chi connectivity index (χ4v) is 4.36. The number of rotatable bonds is 5. The lowest BCUT2D eigenvalue weighted by molar-refractivity contribution is 0.0953. The van der Waals surface area contributed by atoms with Gasteiger partial charge >= 0.3 is 0 Å². The van der Waals surface area contributed by atoms with E-state index >= 15 is 0 Å². The van der Waals surface area contributed by atoms with E-state index in [0.717, 1.165) is 18.6 Å². The van der Waals surface area contributed by atoms with Gasteiger partial charge in [0.1, 0.15) is 0 Å². The molecule has 0 radical (unpaired) electrons. The third-order valence-corrected chi connectivity index (χ3v) is 6.53. The third kappa shape index (κ3) is 2.79. The quantitative estimate of drug-likeness (QED) is 0.821. The molecule has 0 aromatic heterocycles. The fraction of sp³-hybridized carbons (Fsp3) is 0.600. The number of nitrogens with one attached hydrogen (secondary N) is 1. The first-order chi connectivity index (χ1) is 11.8. The zero-order valence-electron chi connectivity index (χ0n) is 15.8. The van der Waals surface area contributed by atoms with Gasteiger partial charge < -0.3 is 9.47 Å². The van der Waals surface area contributed by atoms with Crippen LogP contribution in [0.5, 0.6) is 11.5 Å². The zero-order chi connectivity index (χ0) is 18.2. The number of methoxy groups -OCH3 is 1. The molecule has 2 fully saturated rings. The molecule has 0 heterocycles. The lowest BCUT2D eigenvalue weighted by Crippen LogP contribution is -2.34. The maximum Gasteiger partial charge on any atom is 0.271 e. The van der Waals surface area contributed by atoms with Crippen molar-refractivity contribution in [3.63, 3.8) is 0 Å². The maximum absolute atomic E-state index is 12.5. The number of ether oxygens (including phenoxy) is 2. The number of hydrogen-bond donors (Lipinski definition) is 1. The number of carbonyl (C=O) groups is 1. The molecule has 1 amide bonds. The minimum Gasteiger partial charge on any atom is -0.493 e. The second-order valence-electron chi connectivity index (χ2n) is 7.79. The van der Waals surface area contributed by atoms with Gasteiger partial charge in [-0.3, -0.25) is 4.79 Å². The van der Waals surface area contributed by atoms with Crippen LogP contribution >= 0.6 is 0 Å². The molecule has 2 aliphatic rings. The highest BCUT2D eigenvalue weighted by Crippen LogP contribution is 2.63. The molecule has 0 unspecified atom stereocenters. The highest BCUT2D eigenvalue weighted by Gasteiger charge is 2.60. The molecule has 136 valence electrons. The van der Waals surface area contributed by atoms with Crippen molar-refractivity contribution in [3.05, 3.63) is 23.8 Å². The van der Waals surface area contributed by atoms with E-state index in [9.17, 15) is 4.79 Å². The van der Waals surface area contributed by atoms with Crippen molar-refractivity contribution in [1.82, 2.24) is 5.43 Å². The first kappa shape index (κ1) is 17.8. The molecule has 0 saturated heterocycles. The van der Waals surface area contributed by atoms with E-state index in [0.29, 0.717) is 29.6 Å². The number of carbonyl (C=O) groups excluding carboxylic acids is 1. The van der Waals surface area contributed by atoms with Crippen LogP contribution in [0.1, 0.15) is 57.3 Å². The van der Waals surface area contributed by atoms with Crippen LogP contribution in [-0.4, -0.2) is 25.3 Å². The molecule has 25 heavy (non-hydrogen) atoms. The summed E-state index contributed by atoms with van der Waals surface area (Å²) in [5.41, 5.74) is 4.71. The smallest absolute Gasteiger partial charge is 0.271 e. The standard InChI is InChI=1S/C20H28N2O3/c1-6-25-15-8-7-13(11-16(15)24-5)18(23)22-21-17-12-14-9-10-20(17,4)19(14,2)3/h7-8,11,14H,6,9-10,12H2,1-5H3,(H,22,23)/b21-17-/t14-,20-/m0/s1. The van der Waals surface area contributed by atoms with Crippen molar-refractivity contribution in [1.29, 1.82) is 0 Å². The molecule has 3 rings (SSSR count). The number of nitrogens with zero attached hydrogens (tertiary/aromatic N) is 1. The Bertz CT molecular complexity index is 711. The van der Waals surface area contributed by atoms with E-state index in [-0.39, 0.29) is 16.7 Å². The minimum atomic E-state index is -0.224. The monoisotopic (exact) mass is 344 g/mol. The van der Waals surface area contributed by atoms with Crippen LogP contribution in [0.25, 0.3) is 0 Å². The molecule has 2 aliphatic carbocycles. The van der Waals surface area contributed by atoms with Gasteiger partial charge in [0.15, 0.2) is 11.5 Å². The molecule has 1 N–H and O–H groups in total. The van der Waals surface area contributed by atoms with Crippen molar-refractivity contribution in [2.75, 3.05) is 13.7 Å². The Morgan fingerprint density at radius 1 is 1.32 bits per heavy atom. The SMILES string of the molecule is CCOc1ccc(C(=O)N/N=C2/C[C@@H]3CC[C@]2(C)C3(C)C)cc1OC. The largest absolute Gasteiger partial charge is 0.493 e. The van der Waals surface area contributed by atoms with Gasteiger partial charge in [-0.25, -0.2) is 5.43 Å². The summed E-state index contributed by atoms with van der Waals surface area (Å²) < 4.78 is 10.8. The summed E-state index contributed by atoms with van der Waals surface area (Å²) in [5, 5.41) is 4.51. The summed E-state index contributed by atoms with van der Waals surface area (Å²) in [7, 11) is 1.57. The van der Waals surface area contributed by atoms with Crippen LogP contribution in [0.2, 0.25) is 0 Å². The van der Waals surface area contributed by atoms with Crippen molar-refractivity contribution in [2.45, 2.75) is 47.0 Å². The topological polar surface area (TPSA) is 59.9 Å². The lowest BCUT2D eigenvalue weighted by atomic mass is 9.70. The first-order valence-electron chi connectivity index (χ1n) is 9.01. The summed E-state index contributed by atoms with van der Waals surface area (Å²) >= 11 is 0. The van der Waals surface area contributed by atoms with Gasteiger partial charge in [-0.15, -0.1) is 0 Å². The molecule has 0 aliphatic heterocycles. The van der Waals surface area contributed by atoms with Gasteiger partial charge in [0, 0.05) is 16.7 Å². The fourth-order valence-electron chi connectivity index (χ4n) is 4.36.